The molecule has 1 aliphatic heterocycles. The fraction of sp³-hybridized carbons (Fsp3) is 0.333. The van der Waals surface area contributed by atoms with Crippen LogP contribution in [0.4, 0.5) is 0 Å². The molecule has 0 atom stereocenters. The van der Waals surface area contributed by atoms with E-state index in [-0.39, 0.29) is 5.91 Å². The number of aromatic nitrogens is 1. The fourth-order valence-corrected chi connectivity index (χ4v) is 2.86. The number of likely N-dealkylation sites (N-methyl/N-ethyl adjacent to an activating group) is 1. The Bertz CT molecular complexity index is 729. The predicted molar refractivity (Wildman–Crippen MR) is 103 cm³/mol. The summed E-state index contributed by atoms with van der Waals surface area (Å²) >= 11 is 0. The number of hydrogen-bond donors (Lipinski definition) is 0. The molecule has 0 unspecified atom stereocenters. The van der Waals surface area contributed by atoms with E-state index in [1.807, 2.05) is 53.4 Å². The molecule has 1 saturated heterocycles. The molecule has 0 saturated carbocycles. The number of ether oxygens (including phenoxy) is 1. The highest BCUT2D eigenvalue weighted by Gasteiger charge is 2.14. The largest absolute Gasteiger partial charge is 0.487 e. The molecule has 3 rings (SSSR count). The minimum atomic E-state index is 0.0794. The van der Waals surface area contributed by atoms with Gasteiger partial charge in [-0.3, -0.25) is 9.78 Å². The Morgan fingerprint density at radius 3 is 2.73 bits per heavy atom. The van der Waals surface area contributed by atoms with Crippen molar-refractivity contribution in [1.82, 2.24) is 14.8 Å². The summed E-state index contributed by atoms with van der Waals surface area (Å²) in [5, 5.41) is 0. The summed E-state index contributed by atoms with van der Waals surface area (Å²) in [5.74, 6) is 0.866. The van der Waals surface area contributed by atoms with Crippen LogP contribution in [0.15, 0.2) is 54.7 Å². The highest BCUT2D eigenvalue weighted by Crippen LogP contribution is 2.15. The van der Waals surface area contributed by atoms with Gasteiger partial charge in [0.1, 0.15) is 12.4 Å². The first-order chi connectivity index (χ1) is 12.7. The second-order valence-electron chi connectivity index (χ2n) is 6.49. The molecule has 0 bridgehead atoms. The van der Waals surface area contributed by atoms with Gasteiger partial charge in [-0.05, 0) is 55.9 Å². The third-order valence-corrected chi connectivity index (χ3v) is 4.44. The Morgan fingerprint density at radius 2 is 1.96 bits per heavy atom. The van der Waals surface area contributed by atoms with Gasteiger partial charge in [-0.1, -0.05) is 18.2 Å². The Labute approximate surface area is 154 Å². The maximum atomic E-state index is 12.3. The summed E-state index contributed by atoms with van der Waals surface area (Å²) < 4.78 is 5.73. The molecule has 1 aromatic heterocycles. The van der Waals surface area contributed by atoms with Gasteiger partial charge in [-0.25, -0.2) is 0 Å². The van der Waals surface area contributed by atoms with Crippen LogP contribution in [0.2, 0.25) is 0 Å². The van der Waals surface area contributed by atoms with Gasteiger partial charge in [-0.15, -0.1) is 0 Å². The topological polar surface area (TPSA) is 45.7 Å². The third kappa shape index (κ3) is 5.43. The van der Waals surface area contributed by atoms with Crippen LogP contribution in [0.1, 0.15) is 17.7 Å². The molecule has 1 amide bonds. The van der Waals surface area contributed by atoms with Crippen LogP contribution >= 0.6 is 0 Å². The molecule has 136 valence electrons. The van der Waals surface area contributed by atoms with Crippen LogP contribution in [0.5, 0.6) is 5.75 Å². The Hall–Kier alpha value is -2.66. The summed E-state index contributed by atoms with van der Waals surface area (Å²) in [4.78, 5) is 20.8. The summed E-state index contributed by atoms with van der Waals surface area (Å²) in [6, 6.07) is 13.5. The first-order valence-corrected chi connectivity index (χ1v) is 8.99. The Kier molecular flexibility index (Phi) is 6.39. The number of amides is 1. The molecule has 0 radical (unpaired) electrons. The molecule has 2 aromatic rings. The third-order valence-electron chi connectivity index (χ3n) is 4.44. The Balaban J connectivity index is 1.51. The maximum Gasteiger partial charge on any atom is 0.246 e. The second-order valence-corrected chi connectivity index (χ2v) is 6.49. The first-order valence-electron chi connectivity index (χ1n) is 8.99. The summed E-state index contributed by atoms with van der Waals surface area (Å²) in [5.41, 5.74) is 1.88. The van der Waals surface area contributed by atoms with Crippen molar-refractivity contribution in [2.24, 2.45) is 0 Å². The molecule has 2 heterocycles. The number of pyridine rings is 1. The van der Waals surface area contributed by atoms with E-state index in [4.69, 9.17) is 4.74 Å². The molecular formula is C21H25N3O2. The smallest absolute Gasteiger partial charge is 0.246 e. The van der Waals surface area contributed by atoms with E-state index in [0.717, 1.165) is 49.6 Å². The number of nitrogens with zero attached hydrogens (tertiary/aromatic N) is 3. The second kappa shape index (κ2) is 9.15. The zero-order valence-corrected chi connectivity index (χ0v) is 15.2. The van der Waals surface area contributed by atoms with Crippen molar-refractivity contribution in [3.05, 3.63) is 66.0 Å². The van der Waals surface area contributed by atoms with Crippen LogP contribution in [-0.4, -0.2) is 53.9 Å². The van der Waals surface area contributed by atoms with Crippen molar-refractivity contribution >= 4 is 12.0 Å². The van der Waals surface area contributed by atoms with Crippen molar-refractivity contribution in [3.63, 3.8) is 0 Å². The normalized spacial score (nSPS) is 15.8. The van der Waals surface area contributed by atoms with E-state index in [1.165, 1.54) is 0 Å². The molecule has 0 spiro atoms. The molecule has 0 aliphatic carbocycles. The standard InChI is InChI=1S/C21H25N3O2/c1-23-13-4-14-24(16-15-23)21(25)11-8-18-6-9-20(10-7-18)26-17-19-5-2-3-12-22-19/h2-3,5-12H,4,13-17H2,1H3/b11-8+. The Morgan fingerprint density at radius 1 is 1.12 bits per heavy atom. The molecule has 26 heavy (non-hydrogen) atoms. The SMILES string of the molecule is CN1CCCN(C(=O)/C=C/c2ccc(OCc3ccccn3)cc2)CC1. The number of rotatable bonds is 5. The lowest BCUT2D eigenvalue weighted by Crippen LogP contribution is -2.33. The van der Waals surface area contributed by atoms with Crippen LogP contribution < -0.4 is 4.74 Å². The van der Waals surface area contributed by atoms with Crippen LogP contribution in [-0.2, 0) is 11.4 Å². The van der Waals surface area contributed by atoms with Gasteiger partial charge < -0.3 is 14.5 Å². The predicted octanol–water partition coefficient (Wildman–Crippen LogP) is 2.84. The lowest BCUT2D eigenvalue weighted by atomic mass is 10.2. The van der Waals surface area contributed by atoms with Gasteiger partial charge in [0, 0.05) is 31.9 Å². The molecule has 1 aromatic carbocycles. The number of carbonyl (C=O) groups is 1. The highest BCUT2D eigenvalue weighted by molar-refractivity contribution is 5.91. The van der Waals surface area contributed by atoms with Crippen molar-refractivity contribution in [1.29, 1.82) is 0 Å². The van der Waals surface area contributed by atoms with E-state index < -0.39 is 0 Å². The zero-order valence-electron chi connectivity index (χ0n) is 15.2. The van der Waals surface area contributed by atoms with E-state index in [0.29, 0.717) is 6.61 Å². The van der Waals surface area contributed by atoms with Gasteiger partial charge in [0.2, 0.25) is 5.91 Å². The molecular weight excluding hydrogens is 326 g/mol. The molecule has 5 heteroatoms. The lowest BCUT2D eigenvalue weighted by Gasteiger charge is -2.18. The maximum absolute atomic E-state index is 12.3. The van der Waals surface area contributed by atoms with Crippen LogP contribution in [0, 0.1) is 0 Å². The van der Waals surface area contributed by atoms with Crippen molar-refractivity contribution in [2.75, 3.05) is 33.2 Å². The average molecular weight is 351 g/mol. The van der Waals surface area contributed by atoms with Gasteiger partial charge in [0.25, 0.3) is 0 Å². The number of benzene rings is 1. The van der Waals surface area contributed by atoms with Crippen molar-refractivity contribution in [2.45, 2.75) is 13.0 Å². The van der Waals surface area contributed by atoms with E-state index in [1.54, 1.807) is 12.3 Å². The van der Waals surface area contributed by atoms with E-state index in [9.17, 15) is 4.79 Å². The van der Waals surface area contributed by atoms with Crippen LogP contribution in [0.25, 0.3) is 6.08 Å². The van der Waals surface area contributed by atoms with Gasteiger partial charge in [0.15, 0.2) is 0 Å². The molecule has 0 N–H and O–H groups in total. The average Bonchev–Trinajstić information content (AvgIpc) is 2.91. The van der Waals surface area contributed by atoms with Crippen molar-refractivity contribution < 1.29 is 9.53 Å². The molecule has 1 fully saturated rings. The van der Waals surface area contributed by atoms with Gasteiger partial charge in [-0.2, -0.15) is 0 Å². The summed E-state index contributed by atoms with van der Waals surface area (Å²) in [6.45, 7) is 4.04. The number of carbonyl (C=O) groups excluding carboxylic acids is 1. The monoisotopic (exact) mass is 351 g/mol. The molecule has 5 nitrogen and oxygen atoms in total. The highest BCUT2D eigenvalue weighted by atomic mass is 16.5. The quantitative estimate of drug-likeness (QED) is 0.777. The van der Waals surface area contributed by atoms with Crippen molar-refractivity contribution in [3.8, 4) is 5.75 Å². The lowest BCUT2D eigenvalue weighted by molar-refractivity contribution is -0.125. The zero-order chi connectivity index (χ0) is 18.2. The van der Waals surface area contributed by atoms with Crippen LogP contribution in [0.3, 0.4) is 0 Å². The number of hydrogen-bond acceptors (Lipinski definition) is 4. The minimum absolute atomic E-state index is 0.0794. The van der Waals surface area contributed by atoms with Gasteiger partial charge >= 0.3 is 0 Å². The minimum Gasteiger partial charge on any atom is -0.487 e. The summed E-state index contributed by atoms with van der Waals surface area (Å²) in [6.07, 6.45) is 6.30. The van der Waals surface area contributed by atoms with E-state index >= 15 is 0 Å². The first kappa shape index (κ1) is 18.1. The molecule has 1 aliphatic rings. The van der Waals surface area contributed by atoms with Gasteiger partial charge in [0.05, 0.1) is 5.69 Å². The van der Waals surface area contributed by atoms with E-state index in [2.05, 4.69) is 16.9 Å². The fourth-order valence-electron chi connectivity index (χ4n) is 2.86. The summed E-state index contributed by atoms with van der Waals surface area (Å²) in [7, 11) is 2.10.